The number of halogens is 1. The van der Waals surface area contributed by atoms with Gasteiger partial charge in [0.25, 0.3) is 0 Å². The summed E-state index contributed by atoms with van der Waals surface area (Å²) >= 11 is 6.08. The number of nitrogens with one attached hydrogen (secondary N) is 2. The van der Waals surface area contributed by atoms with E-state index in [1.807, 2.05) is 48.5 Å². The van der Waals surface area contributed by atoms with Gasteiger partial charge < -0.3 is 10.6 Å². The number of carbonyl (C=O) groups excluding carboxylic acids is 1. The van der Waals surface area contributed by atoms with Gasteiger partial charge in [-0.25, -0.2) is 0 Å². The highest BCUT2D eigenvalue weighted by Gasteiger charge is 2.13. The summed E-state index contributed by atoms with van der Waals surface area (Å²) in [5, 5.41) is 6.70. The van der Waals surface area contributed by atoms with Crippen LogP contribution in [0.25, 0.3) is 0 Å². The Kier molecular flexibility index (Phi) is 5.80. The van der Waals surface area contributed by atoms with Gasteiger partial charge in [-0.1, -0.05) is 62.7 Å². The number of rotatable bonds is 5. The Hall–Kier alpha value is -1.84. The quantitative estimate of drug-likeness (QED) is 0.855. The van der Waals surface area contributed by atoms with Crippen LogP contribution in [0.15, 0.2) is 48.5 Å². The van der Waals surface area contributed by atoms with Gasteiger partial charge in [-0.15, -0.1) is 0 Å². The van der Waals surface area contributed by atoms with E-state index in [1.54, 1.807) is 0 Å². The fourth-order valence-electron chi connectivity index (χ4n) is 2.21. The molecule has 4 heteroatoms. The zero-order valence-corrected chi connectivity index (χ0v) is 14.6. The second kappa shape index (κ2) is 7.62. The second-order valence-corrected chi connectivity index (χ2v) is 6.98. The number of hydrogen-bond acceptors (Lipinski definition) is 2. The molecule has 0 saturated carbocycles. The molecule has 0 aliphatic carbocycles. The molecule has 2 aromatic rings. The van der Waals surface area contributed by atoms with Crippen molar-refractivity contribution >= 4 is 23.2 Å². The van der Waals surface area contributed by atoms with Gasteiger partial charge in [0.1, 0.15) is 0 Å². The normalized spacial score (nSPS) is 11.3. The third kappa shape index (κ3) is 5.38. The third-order valence-electron chi connectivity index (χ3n) is 3.59. The zero-order valence-electron chi connectivity index (χ0n) is 13.8. The molecule has 0 aliphatic rings. The zero-order chi connectivity index (χ0) is 16.9. The van der Waals surface area contributed by atoms with E-state index in [9.17, 15) is 4.79 Å². The SMILES string of the molecule is CC(C)(C)c1ccc(NC(=O)CNCc2ccccc2Cl)cc1. The summed E-state index contributed by atoms with van der Waals surface area (Å²) in [7, 11) is 0. The first-order chi connectivity index (χ1) is 10.9. The Morgan fingerprint density at radius 3 is 2.30 bits per heavy atom. The second-order valence-electron chi connectivity index (χ2n) is 6.57. The molecular formula is C19H23ClN2O. The van der Waals surface area contributed by atoms with E-state index in [4.69, 9.17) is 11.6 Å². The van der Waals surface area contributed by atoms with E-state index in [0.717, 1.165) is 11.3 Å². The molecule has 122 valence electrons. The Bertz CT molecular complexity index is 660. The predicted octanol–water partition coefficient (Wildman–Crippen LogP) is 4.37. The summed E-state index contributed by atoms with van der Waals surface area (Å²) < 4.78 is 0. The molecule has 3 nitrogen and oxygen atoms in total. The van der Waals surface area contributed by atoms with Gasteiger partial charge in [0.2, 0.25) is 5.91 Å². The maximum atomic E-state index is 12.0. The average Bonchev–Trinajstić information content (AvgIpc) is 2.49. The van der Waals surface area contributed by atoms with Crippen molar-refractivity contribution < 1.29 is 4.79 Å². The van der Waals surface area contributed by atoms with Crippen molar-refractivity contribution in [3.05, 3.63) is 64.7 Å². The largest absolute Gasteiger partial charge is 0.325 e. The van der Waals surface area contributed by atoms with Crippen LogP contribution in [0.5, 0.6) is 0 Å². The summed E-state index contributed by atoms with van der Waals surface area (Å²) in [4.78, 5) is 12.0. The predicted molar refractivity (Wildman–Crippen MR) is 96.9 cm³/mol. The maximum Gasteiger partial charge on any atom is 0.238 e. The molecule has 0 saturated heterocycles. The standard InChI is InChI=1S/C19H23ClN2O/c1-19(2,3)15-8-10-16(11-9-15)22-18(23)13-21-12-14-6-4-5-7-17(14)20/h4-11,21H,12-13H2,1-3H3,(H,22,23). The van der Waals surface area contributed by atoms with Gasteiger partial charge in [-0.2, -0.15) is 0 Å². The molecule has 23 heavy (non-hydrogen) atoms. The van der Waals surface area contributed by atoms with E-state index in [-0.39, 0.29) is 17.9 Å². The Morgan fingerprint density at radius 1 is 1.04 bits per heavy atom. The Labute approximate surface area is 143 Å². The monoisotopic (exact) mass is 330 g/mol. The minimum atomic E-state index is -0.0689. The lowest BCUT2D eigenvalue weighted by atomic mass is 9.87. The summed E-state index contributed by atoms with van der Waals surface area (Å²) in [5.74, 6) is -0.0689. The summed E-state index contributed by atoms with van der Waals surface area (Å²) in [6, 6.07) is 15.6. The van der Waals surface area contributed by atoms with Crippen molar-refractivity contribution in [1.29, 1.82) is 0 Å². The van der Waals surface area contributed by atoms with Crippen LogP contribution in [0.4, 0.5) is 5.69 Å². The van der Waals surface area contributed by atoms with Crippen LogP contribution in [-0.4, -0.2) is 12.5 Å². The van der Waals surface area contributed by atoms with Crippen LogP contribution in [0.1, 0.15) is 31.9 Å². The lowest BCUT2D eigenvalue weighted by molar-refractivity contribution is -0.115. The lowest BCUT2D eigenvalue weighted by Crippen LogP contribution is -2.27. The van der Waals surface area contributed by atoms with E-state index in [0.29, 0.717) is 11.6 Å². The molecule has 0 fully saturated rings. The van der Waals surface area contributed by atoms with Gasteiger partial charge in [-0.05, 0) is 34.7 Å². The molecule has 0 aliphatic heterocycles. The maximum absolute atomic E-state index is 12.0. The number of benzene rings is 2. The van der Waals surface area contributed by atoms with Crippen molar-refractivity contribution in [3.8, 4) is 0 Å². The molecule has 0 heterocycles. The van der Waals surface area contributed by atoms with Crippen molar-refractivity contribution in [1.82, 2.24) is 5.32 Å². The molecule has 0 unspecified atom stereocenters. The molecule has 0 bridgehead atoms. The average molecular weight is 331 g/mol. The van der Waals surface area contributed by atoms with Crippen LogP contribution >= 0.6 is 11.6 Å². The highest BCUT2D eigenvalue weighted by molar-refractivity contribution is 6.31. The van der Waals surface area contributed by atoms with Gasteiger partial charge >= 0.3 is 0 Å². The van der Waals surface area contributed by atoms with Crippen molar-refractivity contribution in [2.45, 2.75) is 32.7 Å². The first-order valence-corrected chi connectivity index (χ1v) is 8.08. The summed E-state index contributed by atoms with van der Waals surface area (Å²) in [6.07, 6.45) is 0. The highest BCUT2D eigenvalue weighted by Crippen LogP contribution is 2.23. The number of amides is 1. The van der Waals surface area contributed by atoms with Gasteiger partial charge in [0.05, 0.1) is 6.54 Å². The molecule has 0 radical (unpaired) electrons. The molecular weight excluding hydrogens is 308 g/mol. The van der Waals surface area contributed by atoms with Crippen molar-refractivity contribution in [2.24, 2.45) is 0 Å². The molecule has 1 amide bonds. The molecule has 0 aromatic heterocycles. The van der Waals surface area contributed by atoms with Crippen LogP contribution < -0.4 is 10.6 Å². The minimum absolute atomic E-state index is 0.0689. The van der Waals surface area contributed by atoms with Crippen LogP contribution in [0.2, 0.25) is 5.02 Å². The lowest BCUT2D eigenvalue weighted by Gasteiger charge is -2.19. The van der Waals surface area contributed by atoms with E-state index in [2.05, 4.69) is 31.4 Å². The van der Waals surface area contributed by atoms with Gasteiger partial charge in [0, 0.05) is 17.3 Å². The van der Waals surface area contributed by atoms with E-state index < -0.39 is 0 Å². The van der Waals surface area contributed by atoms with Crippen molar-refractivity contribution in [3.63, 3.8) is 0 Å². The van der Waals surface area contributed by atoms with Gasteiger partial charge in [-0.3, -0.25) is 4.79 Å². The third-order valence-corrected chi connectivity index (χ3v) is 3.96. The van der Waals surface area contributed by atoms with Crippen LogP contribution in [0.3, 0.4) is 0 Å². The fourth-order valence-corrected chi connectivity index (χ4v) is 2.41. The molecule has 0 atom stereocenters. The fraction of sp³-hybridized carbons (Fsp3) is 0.316. The number of anilines is 1. The molecule has 2 N–H and O–H groups in total. The van der Waals surface area contributed by atoms with Crippen LogP contribution in [-0.2, 0) is 16.8 Å². The summed E-state index contributed by atoms with van der Waals surface area (Å²) in [6.45, 7) is 7.31. The van der Waals surface area contributed by atoms with Gasteiger partial charge in [0.15, 0.2) is 0 Å². The Balaban J connectivity index is 1.82. The molecule has 2 aromatic carbocycles. The van der Waals surface area contributed by atoms with E-state index >= 15 is 0 Å². The van der Waals surface area contributed by atoms with E-state index in [1.165, 1.54) is 5.56 Å². The topological polar surface area (TPSA) is 41.1 Å². The summed E-state index contributed by atoms with van der Waals surface area (Å²) in [5.41, 5.74) is 3.14. The minimum Gasteiger partial charge on any atom is -0.325 e. The molecule has 0 spiro atoms. The Morgan fingerprint density at radius 2 is 1.70 bits per heavy atom. The van der Waals surface area contributed by atoms with Crippen LogP contribution in [0, 0.1) is 0 Å². The first kappa shape index (κ1) is 17.5. The smallest absolute Gasteiger partial charge is 0.238 e. The van der Waals surface area contributed by atoms with Crippen molar-refractivity contribution in [2.75, 3.05) is 11.9 Å². The highest BCUT2D eigenvalue weighted by atomic mass is 35.5. The molecule has 2 rings (SSSR count). The number of carbonyl (C=O) groups is 1. The number of hydrogen-bond donors (Lipinski definition) is 2. The first-order valence-electron chi connectivity index (χ1n) is 7.71.